The molecular formula is C17H14N2O3S2. The van der Waals surface area contributed by atoms with Crippen molar-refractivity contribution in [2.75, 3.05) is 13.4 Å². The average molecular weight is 358 g/mol. The number of H-pyrrole nitrogens is 1. The van der Waals surface area contributed by atoms with E-state index in [9.17, 15) is 9.59 Å². The molecular weight excluding hydrogens is 344 g/mol. The summed E-state index contributed by atoms with van der Waals surface area (Å²) in [6, 6.07) is 5.41. The third-order valence-corrected chi connectivity index (χ3v) is 5.10. The Kier molecular flexibility index (Phi) is 4.82. The van der Waals surface area contributed by atoms with Crippen molar-refractivity contribution in [3.8, 4) is 5.88 Å². The molecule has 1 N–H and O–H groups in total. The lowest BCUT2D eigenvalue weighted by atomic mass is 10.1. The van der Waals surface area contributed by atoms with Crippen molar-refractivity contribution in [2.45, 2.75) is 4.90 Å². The Morgan fingerprint density at radius 3 is 2.88 bits per heavy atom. The molecule has 0 unspecified atom stereocenters. The van der Waals surface area contributed by atoms with E-state index in [0.717, 1.165) is 15.8 Å². The molecule has 7 heteroatoms. The Morgan fingerprint density at radius 1 is 1.38 bits per heavy atom. The number of aromatic nitrogens is 2. The third-order valence-electron chi connectivity index (χ3n) is 3.44. The number of hydrogen-bond acceptors (Lipinski definition) is 6. The number of ether oxygens (including phenoxy) is 1. The first-order valence-electron chi connectivity index (χ1n) is 7.04. The van der Waals surface area contributed by atoms with Gasteiger partial charge in [-0.15, -0.1) is 23.1 Å². The van der Waals surface area contributed by atoms with E-state index in [1.165, 1.54) is 36.3 Å². The second-order valence-electron chi connectivity index (χ2n) is 4.86. The Morgan fingerprint density at radius 2 is 2.21 bits per heavy atom. The second kappa shape index (κ2) is 7.02. The largest absolute Gasteiger partial charge is 0.481 e. The number of nitrogens with zero attached hydrogens (tertiary/aromatic N) is 1. The summed E-state index contributed by atoms with van der Waals surface area (Å²) >= 11 is 2.85. The molecule has 0 saturated carbocycles. The summed E-state index contributed by atoms with van der Waals surface area (Å²) in [6.07, 6.45) is 6.49. The maximum atomic E-state index is 12.5. The highest BCUT2D eigenvalue weighted by atomic mass is 32.2. The quantitative estimate of drug-likeness (QED) is 0.428. The fourth-order valence-corrected chi connectivity index (χ4v) is 3.93. The number of ketones is 1. The molecule has 0 aliphatic rings. The molecule has 0 saturated heterocycles. The number of thioether (sulfide) groups is 1. The van der Waals surface area contributed by atoms with E-state index in [1.807, 2.05) is 17.7 Å². The highest BCUT2D eigenvalue weighted by Crippen LogP contribution is 2.30. The summed E-state index contributed by atoms with van der Waals surface area (Å²) in [7, 11) is 1.54. The van der Waals surface area contributed by atoms with Gasteiger partial charge in [-0.3, -0.25) is 9.59 Å². The summed E-state index contributed by atoms with van der Waals surface area (Å²) in [5, 5.41) is 2.79. The van der Waals surface area contributed by atoms with Crippen LogP contribution in [0.1, 0.15) is 15.9 Å². The highest BCUT2D eigenvalue weighted by molar-refractivity contribution is 7.99. The minimum atomic E-state index is -0.364. The zero-order valence-electron chi connectivity index (χ0n) is 13.0. The van der Waals surface area contributed by atoms with Gasteiger partial charge in [-0.1, -0.05) is 0 Å². The first-order valence-corrected chi connectivity index (χ1v) is 9.14. The lowest BCUT2D eigenvalue weighted by Gasteiger charge is -2.05. The van der Waals surface area contributed by atoms with Gasteiger partial charge in [0, 0.05) is 22.5 Å². The molecule has 24 heavy (non-hydrogen) atoms. The van der Waals surface area contributed by atoms with Gasteiger partial charge in [0.25, 0.3) is 5.56 Å². The van der Waals surface area contributed by atoms with Crippen LogP contribution in [0.15, 0.2) is 45.5 Å². The molecule has 122 valence electrons. The van der Waals surface area contributed by atoms with Gasteiger partial charge in [0.05, 0.1) is 7.11 Å². The molecule has 0 radical (unpaired) electrons. The number of fused-ring (bicyclic) bond motifs is 1. The minimum absolute atomic E-state index is 0.172. The first-order chi connectivity index (χ1) is 11.6. The van der Waals surface area contributed by atoms with Gasteiger partial charge < -0.3 is 9.72 Å². The Balaban J connectivity index is 1.97. The van der Waals surface area contributed by atoms with Gasteiger partial charge in [0.2, 0.25) is 5.88 Å². The van der Waals surface area contributed by atoms with Crippen molar-refractivity contribution in [1.29, 1.82) is 0 Å². The molecule has 0 aromatic carbocycles. The molecule has 0 aliphatic carbocycles. The normalized spacial score (nSPS) is 11.2. The van der Waals surface area contributed by atoms with Crippen LogP contribution < -0.4 is 10.3 Å². The number of allylic oxidation sites excluding steroid dienone is 1. The summed E-state index contributed by atoms with van der Waals surface area (Å²) < 4.78 is 4.99. The van der Waals surface area contributed by atoms with Crippen LogP contribution in [0.5, 0.6) is 5.88 Å². The summed E-state index contributed by atoms with van der Waals surface area (Å²) in [5.41, 5.74) is 0.561. The monoisotopic (exact) mass is 358 g/mol. The lowest BCUT2D eigenvalue weighted by Crippen LogP contribution is -2.17. The number of carbonyl (C=O) groups is 1. The summed E-state index contributed by atoms with van der Waals surface area (Å²) in [5.74, 6) is 0.173. The average Bonchev–Trinajstić information content (AvgIpc) is 3.06. The Bertz CT molecular complexity index is 972. The predicted molar refractivity (Wildman–Crippen MR) is 98.4 cm³/mol. The fourth-order valence-electron chi connectivity index (χ4n) is 2.29. The van der Waals surface area contributed by atoms with Crippen LogP contribution in [-0.2, 0) is 0 Å². The van der Waals surface area contributed by atoms with E-state index in [2.05, 4.69) is 9.97 Å². The molecule has 0 amide bonds. The molecule has 3 aromatic rings. The molecule has 3 aromatic heterocycles. The van der Waals surface area contributed by atoms with E-state index in [-0.39, 0.29) is 16.9 Å². The smallest absolute Gasteiger partial charge is 0.261 e. The maximum absolute atomic E-state index is 12.5. The van der Waals surface area contributed by atoms with Gasteiger partial charge in [0.15, 0.2) is 5.78 Å². The molecule has 5 nitrogen and oxygen atoms in total. The van der Waals surface area contributed by atoms with Crippen molar-refractivity contribution in [1.82, 2.24) is 9.97 Å². The van der Waals surface area contributed by atoms with Crippen molar-refractivity contribution in [2.24, 2.45) is 0 Å². The number of methoxy groups -OCH3 is 1. The SMILES string of the molecule is COc1ccc(/C=C/C(=O)c2c(SC)c3ccsc3[nH]c2=O)cn1. The second-order valence-corrected chi connectivity index (χ2v) is 6.59. The van der Waals surface area contributed by atoms with Crippen LogP contribution in [0.25, 0.3) is 16.3 Å². The molecule has 0 fully saturated rings. The molecule has 0 aliphatic heterocycles. The van der Waals surface area contributed by atoms with Crippen molar-refractivity contribution in [3.05, 3.63) is 57.3 Å². The fraction of sp³-hybridized carbons (Fsp3) is 0.118. The summed E-state index contributed by atoms with van der Waals surface area (Å²) in [6.45, 7) is 0. The van der Waals surface area contributed by atoms with E-state index < -0.39 is 0 Å². The predicted octanol–water partition coefficient (Wildman–Crippen LogP) is 3.61. The number of pyridine rings is 2. The van der Waals surface area contributed by atoms with Crippen molar-refractivity contribution < 1.29 is 9.53 Å². The lowest BCUT2D eigenvalue weighted by molar-refractivity contribution is 0.104. The standard InChI is InChI=1S/C17H14N2O3S2/c1-22-13-6-4-10(9-18-13)3-5-12(20)14-15(23-2)11-7-8-24-17(11)19-16(14)21/h3-9H,1-2H3,(H,19,21)/b5-3+. The van der Waals surface area contributed by atoms with Crippen LogP contribution in [0, 0.1) is 0 Å². The maximum Gasteiger partial charge on any atom is 0.261 e. The molecule has 0 atom stereocenters. The number of aromatic amines is 1. The molecule has 3 rings (SSSR count). The molecule has 0 spiro atoms. The number of rotatable bonds is 5. The number of nitrogens with one attached hydrogen (secondary N) is 1. The van der Waals surface area contributed by atoms with Gasteiger partial charge in [-0.05, 0) is 41.5 Å². The van der Waals surface area contributed by atoms with Crippen LogP contribution in [-0.4, -0.2) is 29.1 Å². The zero-order chi connectivity index (χ0) is 17.1. The van der Waals surface area contributed by atoms with Crippen LogP contribution in [0.3, 0.4) is 0 Å². The highest BCUT2D eigenvalue weighted by Gasteiger charge is 2.17. The summed E-state index contributed by atoms with van der Waals surface area (Å²) in [4.78, 5) is 33.2. The molecule has 3 heterocycles. The van der Waals surface area contributed by atoms with Crippen molar-refractivity contribution in [3.63, 3.8) is 0 Å². The van der Waals surface area contributed by atoms with E-state index in [4.69, 9.17) is 4.74 Å². The van der Waals surface area contributed by atoms with Gasteiger partial charge in [-0.25, -0.2) is 4.98 Å². The van der Waals surface area contributed by atoms with E-state index in [0.29, 0.717) is 10.8 Å². The minimum Gasteiger partial charge on any atom is -0.481 e. The van der Waals surface area contributed by atoms with Gasteiger partial charge >= 0.3 is 0 Å². The van der Waals surface area contributed by atoms with Gasteiger partial charge in [-0.2, -0.15) is 0 Å². The van der Waals surface area contributed by atoms with Crippen LogP contribution >= 0.6 is 23.1 Å². The van der Waals surface area contributed by atoms with E-state index in [1.54, 1.807) is 24.4 Å². The third kappa shape index (κ3) is 3.13. The number of thiophene rings is 1. The zero-order valence-corrected chi connectivity index (χ0v) is 14.7. The Labute approximate surface area is 146 Å². The first kappa shape index (κ1) is 16.5. The Hall–Kier alpha value is -2.38. The molecule has 0 bridgehead atoms. The number of carbonyl (C=O) groups excluding carboxylic acids is 1. The van der Waals surface area contributed by atoms with E-state index >= 15 is 0 Å². The van der Waals surface area contributed by atoms with Gasteiger partial charge in [0.1, 0.15) is 10.4 Å². The topological polar surface area (TPSA) is 72.1 Å². The van der Waals surface area contributed by atoms with Crippen molar-refractivity contribution >= 4 is 45.2 Å². The number of hydrogen-bond donors (Lipinski definition) is 1. The van der Waals surface area contributed by atoms with Crippen LogP contribution in [0.2, 0.25) is 0 Å². The van der Waals surface area contributed by atoms with Crippen LogP contribution in [0.4, 0.5) is 0 Å².